The van der Waals surface area contributed by atoms with E-state index in [4.69, 9.17) is 10.2 Å². The van der Waals surface area contributed by atoms with Gasteiger partial charge in [0.25, 0.3) is 0 Å². The van der Waals surface area contributed by atoms with Gasteiger partial charge in [0.2, 0.25) is 0 Å². The third-order valence-corrected chi connectivity index (χ3v) is 3.42. The van der Waals surface area contributed by atoms with Gasteiger partial charge < -0.3 is 10.2 Å². The maximum atomic E-state index is 10.6. The van der Waals surface area contributed by atoms with E-state index in [1.54, 1.807) is 18.3 Å². The summed E-state index contributed by atoms with van der Waals surface area (Å²) in [6, 6.07) is 8.93. The number of carboxylic acid groups (broad SMARTS) is 2. The second-order valence-corrected chi connectivity index (χ2v) is 4.86. The Morgan fingerprint density at radius 1 is 1.21 bits per heavy atom. The van der Waals surface area contributed by atoms with E-state index >= 15 is 0 Å². The van der Waals surface area contributed by atoms with E-state index in [1.807, 2.05) is 18.2 Å². The molecule has 0 amide bonds. The fourth-order valence-electron chi connectivity index (χ4n) is 1.10. The van der Waals surface area contributed by atoms with E-state index in [0.717, 1.165) is 10.6 Å². The van der Waals surface area contributed by atoms with Gasteiger partial charge in [-0.1, -0.05) is 22.0 Å². The molecular weight excluding hydrogens is 334 g/mol. The van der Waals surface area contributed by atoms with Gasteiger partial charge in [0.05, 0.1) is 10.6 Å². The molecule has 2 N–H and O–H groups in total. The van der Waals surface area contributed by atoms with Crippen molar-refractivity contribution in [3.05, 3.63) is 41.4 Å². The Kier molecular flexibility index (Phi) is 6.17. The van der Waals surface area contributed by atoms with Gasteiger partial charge in [-0.2, -0.15) is 0 Å². The Labute approximate surface area is 121 Å². The van der Waals surface area contributed by atoms with Gasteiger partial charge in [-0.15, -0.1) is 11.3 Å². The van der Waals surface area contributed by atoms with Crippen molar-refractivity contribution < 1.29 is 19.8 Å². The first-order valence-electron chi connectivity index (χ1n) is 5.07. The number of pyridine rings is 1. The second kappa shape index (κ2) is 7.65. The summed E-state index contributed by atoms with van der Waals surface area (Å²) in [5.41, 5.74) is 0.810. The molecule has 0 aliphatic heterocycles. The molecule has 0 radical (unpaired) electrons. The molecule has 19 heavy (non-hydrogen) atoms. The van der Waals surface area contributed by atoms with Crippen LogP contribution in [0.1, 0.15) is 9.67 Å². The number of aromatic carboxylic acids is 1. The average Bonchev–Trinajstić information content (AvgIpc) is 2.90. The number of nitrogens with zero attached hydrogens (tertiary/aromatic N) is 1. The topological polar surface area (TPSA) is 87.5 Å². The molecule has 5 nitrogen and oxygen atoms in total. The predicted molar refractivity (Wildman–Crippen MR) is 75.9 cm³/mol. The third-order valence-electron chi connectivity index (χ3n) is 1.85. The molecule has 0 spiro atoms. The van der Waals surface area contributed by atoms with Crippen LogP contribution in [0.4, 0.5) is 0 Å². The van der Waals surface area contributed by atoms with E-state index in [0.29, 0.717) is 4.88 Å². The molecule has 0 aromatic carbocycles. The van der Waals surface area contributed by atoms with E-state index < -0.39 is 11.9 Å². The first-order chi connectivity index (χ1) is 9.04. The lowest BCUT2D eigenvalue weighted by Gasteiger charge is -1.92. The zero-order valence-electron chi connectivity index (χ0n) is 9.62. The van der Waals surface area contributed by atoms with E-state index in [-0.39, 0.29) is 5.33 Å². The summed E-state index contributed by atoms with van der Waals surface area (Å²) in [7, 11) is 0. The summed E-state index contributed by atoms with van der Waals surface area (Å²) in [5, 5.41) is 16.4. The Hall–Kier alpha value is -1.73. The van der Waals surface area contributed by atoms with Crippen LogP contribution in [0, 0.1) is 0 Å². The monoisotopic (exact) mass is 343 g/mol. The SMILES string of the molecule is O=C(O)CBr.O=C(O)c1ccc(-c2ccccn2)s1. The Morgan fingerprint density at radius 3 is 2.32 bits per heavy atom. The summed E-state index contributed by atoms with van der Waals surface area (Å²) in [4.78, 5) is 25.3. The van der Waals surface area contributed by atoms with Crippen LogP contribution in [0.2, 0.25) is 0 Å². The Morgan fingerprint density at radius 2 is 1.89 bits per heavy atom. The highest BCUT2D eigenvalue weighted by Gasteiger charge is 2.08. The highest BCUT2D eigenvalue weighted by Crippen LogP contribution is 2.25. The van der Waals surface area contributed by atoms with Crippen LogP contribution in [-0.2, 0) is 4.79 Å². The molecule has 0 atom stereocenters. The molecule has 2 aromatic heterocycles. The van der Waals surface area contributed by atoms with Gasteiger partial charge in [-0.25, -0.2) is 4.79 Å². The minimum absolute atomic E-state index is 0.0347. The molecule has 0 fully saturated rings. The van der Waals surface area contributed by atoms with Crippen molar-refractivity contribution in [3.63, 3.8) is 0 Å². The fourth-order valence-corrected chi connectivity index (χ4v) is 1.92. The lowest BCUT2D eigenvalue weighted by molar-refractivity contribution is -0.133. The van der Waals surface area contributed by atoms with Crippen molar-refractivity contribution in [1.29, 1.82) is 0 Å². The molecule has 0 aliphatic rings. The molecule has 2 heterocycles. The quantitative estimate of drug-likeness (QED) is 0.836. The zero-order valence-corrected chi connectivity index (χ0v) is 12.0. The summed E-state index contributed by atoms with van der Waals surface area (Å²) in [6.45, 7) is 0. The van der Waals surface area contributed by atoms with Crippen molar-refractivity contribution >= 4 is 39.2 Å². The number of aliphatic carboxylic acids is 1. The number of alkyl halides is 1. The van der Waals surface area contributed by atoms with Crippen LogP contribution >= 0.6 is 27.3 Å². The van der Waals surface area contributed by atoms with Gasteiger partial charge in [-0.05, 0) is 24.3 Å². The van der Waals surface area contributed by atoms with Crippen LogP contribution in [0.5, 0.6) is 0 Å². The lowest BCUT2D eigenvalue weighted by Crippen LogP contribution is -1.92. The van der Waals surface area contributed by atoms with Crippen LogP contribution in [0.3, 0.4) is 0 Å². The molecule has 0 bridgehead atoms. The number of rotatable bonds is 3. The van der Waals surface area contributed by atoms with Gasteiger partial charge in [-0.3, -0.25) is 9.78 Å². The van der Waals surface area contributed by atoms with Gasteiger partial charge in [0.15, 0.2) is 0 Å². The van der Waals surface area contributed by atoms with Gasteiger partial charge in [0.1, 0.15) is 10.2 Å². The highest BCUT2D eigenvalue weighted by atomic mass is 79.9. The molecule has 0 unspecified atom stereocenters. The number of halogens is 1. The molecule has 7 heteroatoms. The average molecular weight is 344 g/mol. The molecule has 0 saturated carbocycles. The van der Waals surface area contributed by atoms with Crippen molar-refractivity contribution in [1.82, 2.24) is 4.98 Å². The maximum absolute atomic E-state index is 10.6. The van der Waals surface area contributed by atoms with E-state index in [1.165, 1.54) is 11.3 Å². The lowest BCUT2D eigenvalue weighted by atomic mass is 10.3. The minimum Gasteiger partial charge on any atom is -0.481 e. The number of hydrogen-bond donors (Lipinski definition) is 2. The highest BCUT2D eigenvalue weighted by molar-refractivity contribution is 9.09. The molecule has 2 rings (SSSR count). The molecular formula is C12H10BrNO4S. The van der Waals surface area contributed by atoms with Gasteiger partial charge >= 0.3 is 11.9 Å². The number of carbonyl (C=O) groups is 2. The first kappa shape index (κ1) is 15.3. The van der Waals surface area contributed by atoms with Crippen LogP contribution in [0.25, 0.3) is 10.6 Å². The van der Waals surface area contributed by atoms with E-state index in [2.05, 4.69) is 20.9 Å². The normalized spacial score (nSPS) is 9.32. The number of thiophene rings is 1. The van der Waals surface area contributed by atoms with Crippen LogP contribution in [0.15, 0.2) is 36.5 Å². The fraction of sp³-hybridized carbons (Fsp3) is 0.0833. The Bertz CT molecular complexity index is 556. The van der Waals surface area contributed by atoms with E-state index in [9.17, 15) is 9.59 Å². The summed E-state index contributed by atoms with van der Waals surface area (Å²) < 4.78 is 0. The zero-order chi connectivity index (χ0) is 14.3. The largest absolute Gasteiger partial charge is 0.481 e. The predicted octanol–water partition coefficient (Wildman–Crippen LogP) is 2.97. The first-order valence-corrected chi connectivity index (χ1v) is 7.00. The second-order valence-electron chi connectivity index (χ2n) is 3.21. The van der Waals surface area contributed by atoms with Crippen molar-refractivity contribution in [2.75, 3.05) is 5.33 Å². The number of aromatic nitrogens is 1. The molecule has 100 valence electrons. The van der Waals surface area contributed by atoms with Crippen LogP contribution < -0.4 is 0 Å². The van der Waals surface area contributed by atoms with Crippen molar-refractivity contribution in [2.45, 2.75) is 0 Å². The molecule has 0 aliphatic carbocycles. The summed E-state index contributed by atoms with van der Waals surface area (Å²) in [5.74, 6) is -1.72. The smallest absolute Gasteiger partial charge is 0.345 e. The van der Waals surface area contributed by atoms with Gasteiger partial charge in [0, 0.05) is 6.20 Å². The summed E-state index contributed by atoms with van der Waals surface area (Å²) >= 11 is 3.95. The standard InChI is InChI=1S/C10H7NO2S.C2H3BrO2/c12-10(13)9-5-4-8(14-9)7-3-1-2-6-11-7;3-1-2(4)5/h1-6H,(H,12,13);1H2,(H,4,5). The molecule has 0 saturated heterocycles. The minimum atomic E-state index is -0.891. The molecule has 2 aromatic rings. The third kappa shape index (κ3) is 5.19. The number of carboxylic acids is 2. The maximum Gasteiger partial charge on any atom is 0.345 e. The summed E-state index contributed by atoms with van der Waals surface area (Å²) in [6.07, 6.45) is 1.69. The van der Waals surface area contributed by atoms with Crippen molar-refractivity contribution in [2.24, 2.45) is 0 Å². The van der Waals surface area contributed by atoms with Crippen molar-refractivity contribution in [3.8, 4) is 10.6 Å². The van der Waals surface area contributed by atoms with Crippen LogP contribution in [-0.4, -0.2) is 32.5 Å². The number of hydrogen-bond acceptors (Lipinski definition) is 4. The Balaban J connectivity index is 0.000000312.